The van der Waals surface area contributed by atoms with Crippen molar-refractivity contribution in [1.82, 2.24) is 49.8 Å². The molecule has 15 aromatic rings. The Morgan fingerprint density at radius 3 is 1.12 bits per heavy atom. The third-order valence-electron chi connectivity index (χ3n) is 19.3. The Bertz CT molecular complexity index is 6940. The Morgan fingerprint density at radius 2 is 0.770 bits per heavy atom. The standard InChI is InChI=1S/C18H12ClFN2O4.C17H9Cl2FN2O3.C17H11ClFN3O3.C17H10ClFN2O4.C13H12N2O5.C7H5BrClF.CH4.Cl3OP.HI.Li/c1-24-18-21-15(12-3-2-6-25-12)14-16(22-18)13(26-17(14)23)7-9-4-5-10(20)8-11(9)19;18-10-7-9(20)4-3-8(10)6-12-15-13(16(23)25-12)14(21-17(19)22-15)11-2-1-5-24-11;18-10-7-9(19)4-3-8(10)6-12-15-13(16(23)25-12)14(21-17(20)22-15)11-2-1-5-24-11;18-10-7-9(19)4-3-8(10)6-12-15-13(16(22)25-12)14(20-17(23)21-15)11-2-1-5-24-11;1-3-19-12(17)10-8(7-16)14-13(18-2)15-11(10)9-5-4-6-20-9;8-4-5-1-2-6(10)3-7(5)9;;1-5(2,3)4;;/h2-6,8,13H,7H2,1H3;1-5,7,12H,6H2;1-5,7,12H,6H2,(H2,20,21,22);1-5,7,12H,6H2,(H,20,21,23);4-7H,3H2,1-2H3;1-3H,4H2;1H4;;1H;/q;;;;;;;;;+1/p-1. The molecular weight excluding hydrogens is 2210 g/mol. The van der Waals surface area contributed by atoms with Gasteiger partial charge in [0.15, 0.2) is 35.1 Å². The van der Waals surface area contributed by atoms with Gasteiger partial charge in [-0.2, -0.15) is 24.9 Å². The van der Waals surface area contributed by atoms with E-state index in [-0.39, 0.29) is 188 Å². The molecule has 0 bridgehead atoms. The number of esters is 5. The topological polar surface area (TPSA) is 425 Å². The van der Waals surface area contributed by atoms with Gasteiger partial charge in [-0.05, 0) is 201 Å². The van der Waals surface area contributed by atoms with Crippen LogP contribution in [0.25, 0.3) is 57.3 Å². The number of aromatic nitrogens is 10. The number of benzene rings is 5. The number of nitrogens with zero attached hydrogens (tertiary/aromatic N) is 9. The summed E-state index contributed by atoms with van der Waals surface area (Å²) in [7, 11) is 2.79. The number of H-pyrrole nitrogens is 1. The second kappa shape index (κ2) is 49.5. The van der Waals surface area contributed by atoms with Gasteiger partial charge in [0.25, 0.3) is 0 Å². The Hall–Kier alpha value is -11.6. The van der Waals surface area contributed by atoms with Crippen molar-refractivity contribution in [3.63, 3.8) is 0 Å². The van der Waals surface area contributed by atoms with E-state index in [9.17, 15) is 60.1 Å². The minimum absolute atomic E-state index is 0. The fourth-order valence-electron chi connectivity index (χ4n) is 13.4. The van der Waals surface area contributed by atoms with Gasteiger partial charge in [0.05, 0.1) is 57.8 Å². The first kappa shape index (κ1) is 109. The Balaban J connectivity index is 0.000000172. The Labute approximate surface area is 865 Å². The number of halogens is 16. The number of hydrogen-bond donors (Lipinski definition) is 2. The molecule has 49 heteroatoms. The molecule has 19 rings (SSSR count). The van der Waals surface area contributed by atoms with Crippen LogP contribution in [0.1, 0.15) is 152 Å². The van der Waals surface area contributed by atoms with Crippen LogP contribution >= 0.6 is 124 Å². The molecule has 0 saturated carbocycles. The van der Waals surface area contributed by atoms with Crippen molar-refractivity contribution >= 4 is 167 Å². The monoisotopic (exact) mass is 2270 g/mol. The van der Waals surface area contributed by atoms with Gasteiger partial charge >= 0.3 is 71.6 Å². The van der Waals surface area contributed by atoms with Gasteiger partial charge in [0, 0.05) is 56.1 Å². The molecule has 0 radical (unpaired) electrons. The number of methoxy groups -OCH3 is 2. The number of cyclic esters (lactones) is 4. The van der Waals surface area contributed by atoms with Crippen molar-refractivity contribution in [3.8, 4) is 69.3 Å². The number of anilines is 1. The van der Waals surface area contributed by atoms with Gasteiger partial charge in [-0.3, -0.25) is 9.36 Å². The van der Waals surface area contributed by atoms with E-state index >= 15 is 0 Å². The van der Waals surface area contributed by atoms with E-state index in [2.05, 4.69) is 99.5 Å². The molecule has 0 saturated heterocycles. The van der Waals surface area contributed by atoms with Gasteiger partial charge in [-0.25, -0.2) is 70.7 Å². The van der Waals surface area contributed by atoms with E-state index in [0.717, 1.165) is 5.56 Å². The van der Waals surface area contributed by atoms with Crippen molar-refractivity contribution in [3.05, 3.63) is 337 Å². The second-order valence-electron chi connectivity index (χ2n) is 27.9. The van der Waals surface area contributed by atoms with Crippen molar-refractivity contribution in [2.75, 3.05) is 26.6 Å². The molecule has 0 amide bonds. The summed E-state index contributed by atoms with van der Waals surface area (Å²) in [4.78, 5) is 124. The zero-order chi connectivity index (χ0) is 97.5. The summed E-state index contributed by atoms with van der Waals surface area (Å²) < 4.78 is 138. The SMILES string of the molecule is C.CCOC(=O)c1c(C=O)nc(OC)nc1-c1ccco1.COc1nc(-c2ccco2)c2c(n1)C(Cc1ccc(F)cc1Cl)OC2=O.Fc1ccc(CBr)c(Cl)c1.Nc1nc(-c2ccco2)c2c(n1)C(Cc1ccc(F)cc1Cl)OC2=O.O=C1OC(Cc2ccc(F)cc2Cl)c2[nH]c(=O)nc(-c3ccco3)c21.O=C1OC(Cc2ccc(F)cc2Cl)c2nc(Cl)nc(-c3ccco3)c21.O=P(Cl)(Cl)Cl.[I-].[Li+]. The van der Waals surface area contributed by atoms with Crippen LogP contribution in [0.2, 0.25) is 30.4 Å². The number of alkyl halides is 1. The molecule has 0 fully saturated rings. The number of fused-ring (bicyclic) bond motifs is 4. The average Bonchev–Trinajstić information content (AvgIpc) is 1.61. The van der Waals surface area contributed by atoms with E-state index in [1.54, 1.807) is 91.9 Å². The van der Waals surface area contributed by atoms with Gasteiger partial charge in [-0.15, -0.1) is 0 Å². The van der Waals surface area contributed by atoms with Crippen LogP contribution in [0.3, 0.4) is 0 Å². The molecule has 716 valence electrons. The first-order valence-electron chi connectivity index (χ1n) is 39.0. The number of carbonyl (C=O) groups is 6. The minimum atomic E-state index is -3.22. The molecule has 5 aromatic carbocycles. The number of nitrogen functional groups attached to an aromatic ring is 1. The van der Waals surface area contributed by atoms with Crippen LogP contribution in [0.4, 0.5) is 27.9 Å². The predicted octanol–water partition coefficient (Wildman–Crippen LogP) is 18.0. The van der Waals surface area contributed by atoms with E-state index in [1.807, 2.05) is 0 Å². The summed E-state index contributed by atoms with van der Waals surface area (Å²) in [5, 5.41) is -1.16. The van der Waals surface area contributed by atoms with E-state index in [1.165, 1.54) is 112 Å². The number of carbonyl (C=O) groups excluding carboxylic acids is 6. The number of aldehydes is 1. The third kappa shape index (κ3) is 27.4. The van der Waals surface area contributed by atoms with Crippen molar-refractivity contribution in [2.45, 2.75) is 69.8 Å². The molecule has 14 heterocycles. The maximum absolute atomic E-state index is 13.3. The maximum atomic E-state index is 13.3. The zero-order valence-electron chi connectivity index (χ0n) is 70.7. The van der Waals surface area contributed by atoms with Crippen molar-refractivity contribution in [1.29, 1.82) is 0 Å². The molecule has 4 unspecified atom stereocenters. The number of rotatable bonds is 19. The number of ether oxygens (including phenoxy) is 7. The summed E-state index contributed by atoms with van der Waals surface area (Å²) in [6, 6.07) is 37.0. The fraction of sp³-hybridized carbons (Fsp3) is 0.156. The molecule has 4 aliphatic rings. The van der Waals surface area contributed by atoms with Crippen LogP contribution in [0, 0.1) is 29.1 Å². The van der Waals surface area contributed by atoms with Gasteiger partial charge in [0.2, 0.25) is 11.2 Å². The van der Waals surface area contributed by atoms with Crippen molar-refractivity contribution in [2.24, 2.45) is 0 Å². The number of hydrogen-bond acceptors (Lipinski definition) is 30. The summed E-state index contributed by atoms with van der Waals surface area (Å²) in [5.74, 6) is -3.29. The Morgan fingerprint density at radius 1 is 0.453 bits per heavy atom. The van der Waals surface area contributed by atoms with Crippen LogP contribution < -0.4 is 63.7 Å². The molecule has 31 nitrogen and oxygen atoms in total. The van der Waals surface area contributed by atoms with Crippen molar-refractivity contribution < 1.29 is 153 Å². The fourth-order valence-corrected chi connectivity index (χ4v) is 15.5. The summed E-state index contributed by atoms with van der Waals surface area (Å²) in [6.07, 6.45) is 5.80. The van der Waals surface area contributed by atoms with Gasteiger partial charge < -0.3 is 89.9 Å². The number of aromatic amines is 1. The molecule has 4 atom stereocenters. The first-order chi connectivity index (χ1) is 65.1. The average molecular weight is 2280 g/mol. The van der Waals surface area contributed by atoms with Crippen LogP contribution in [0.15, 0.2) is 210 Å². The van der Waals surface area contributed by atoms with E-state index in [4.69, 9.17) is 131 Å². The Kier molecular flexibility index (Phi) is 39.0. The zero-order valence-corrected chi connectivity index (χ0v) is 82.2. The van der Waals surface area contributed by atoms with Crippen LogP contribution in [0.5, 0.6) is 12.0 Å². The quantitative estimate of drug-likeness (QED) is 0.00873. The molecule has 10 aromatic heterocycles. The first-order valence-corrected chi connectivity index (χ1v) is 46.8. The molecule has 4 aliphatic heterocycles. The molecule has 139 heavy (non-hydrogen) atoms. The maximum Gasteiger partial charge on any atom is 1.00 e. The smallest absolute Gasteiger partial charge is 1.00 e. The number of nitrogens with one attached hydrogen (secondary N) is 1. The summed E-state index contributed by atoms with van der Waals surface area (Å²) >= 11 is 53.0. The second-order valence-corrected chi connectivity index (χ2v) is 37.5. The summed E-state index contributed by atoms with van der Waals surface area (Å²) in [5.41, 5.74) is 11.7. The van der Waals surface area contributed by atoms with Crippen LogP contribution in [-0.4, -0.2) is 107 Å². The minimum Gasteiger partial charge on any atom is -1.00 e. The molecule has 3 N–H and O–H groups in total. The summed E-state index contributed by atoms with van der Waals surface area (Å²) in [6.45, 7) is 1.83. The van der Waals surface area contributed by atoms with E-state index in [0.29, 0.717) is 96.2 Å². The number of furan rings is 5. The molecule has 0 aliphatic carbocycles. The van der Waals surface area contributed by atoms with E-state index < -0.39 is 88.4 Å². The van der Waals surface area contributed by atoms with Crippen LogP contribution in [-0.2, 0) is 59.3 Å². The van der Waals surface area contributed by atoms with Gasteiger partial charge in [0.1, 0.15) is 133 Å². The predicted molar refractivity (Wildman–Crippen MR) is 494 cm³/mol. The third-order valence-corrected chi connectivity index (χ3v) is 21.8. The van der Waals surface area contributed by atoms with Gasteiger partial charge in [-0.1, -0.05) is 112 Å². The molecule has 0 spiro atoms. The normalized spacial score (nSPS) is 14.1. The number of nitrogens with two attached hydrogens (primary N) is 1. The largest absolute Gasteiger partial charge is 1.00 e. The molecular formula is C90H63BrCl9F5ILiN11O20P.